The number of nitrogens with one attached hydrogen (secondary N) is 1. The Hall–Kier alpha value is -0.600. The average molecular weight is 350 g/mol. The van der Waals surface area contributed by atoms with Crippen LogP contribution in [0.4, 0.5) is 0 Å². The smallest absolute Gasteiger partial charge is 0.0536 e. The van der Waals surface area contributed by atoms with Gasteiger partial charge >= 0.3 is 0 Å². The molecule has 0 saturated heterocycles. The van der Waals surface area contributed by atoms with Crippen molar-refractivity contribution < 1.29 is 0 Å². The molecule has 0 aliphatic heterocycles. The molecule has 1 aromatic rings. The van der Waals surface area contributed by atoms with Crippen molar-refractivity contribution in [2.24, 2.45) is 0 Å². The summed E-state index contributed by atoms with van der Waals surface area (Å²) < 4.78 is 1.25. The number of allylic oxidation sites excluding steroid dienone is 1. The maximum Gasteiger partial charge on any atom is 0.0536 e. The fourth-order valence-electron chi connectivity index (χ4n) is 3.20. The molecule has 0 spiro atoms. The lowest BCUT2D eigenvalue weighted by Gasteiger charge is -2.23. The van der Waals surface area contributed by atoms with Crippen molar-refractivity contribution in [2.75, 3.05) is 6.54 Å². The van der Waals surface area contributed by atoms with Crippen LogP contribution in [0, 0.1) is 13.8 Å². The zero-order valence-corrected chi connectivity index (χ0v) is 15.2. The third-order valence-corrected chi connectivity index (χ3v) is 5.59. The highest BCUT2D eigenvalue weighted by Gasteiger charge is 2.18. The van der Waals surface area contributed by atoms with Gasteiger partial charge in [-0.05, 0) is 69.2 Å². The summed E-state index contributed by atoms with van der Waals surface area (Å²) in [4.78, 5) is 0. The van der Waals surface area contributed by atoms with Crippen molar-refractivity contribution in [3.63, 3.8) is 0 Å². The molecule has 1 aromatic carbocycles. The van der Waals surface area contributed by atoms with Crippen LogP contribution in [-0.2, 0) is 0 Å². The third kappa shape index (κ3) is 4.43. The second-order valence-corrected chi connectivity index (χ2v) is 7.03. The maximum absolute atomic E-state index is 3.77. The fourth-order valence-corrected chi connectivity index (χ4v) is 3.43. The SMILES string of the molecule is CCCNC(C1=CCCCCC1)c1cc(C)c(Br)c(C)c1. The molecule has 0 radical (unpaired) electrons. The number of hydrogen-bond donors (Lipinski definition) is 1. The minimum absolute atomic E-state index is 0.397. The number of benzene rings is 1. The number of hydrogen-bond acceptors (Lipinski definition) is 1. The second-order valence-electron chi connectivity index (χ2n) is 6.23. The Morgan fingerprint density at radius 1 is 1.14 bits per heavy atom. The van der Waals surface area contributed by atoms with Crippen LogP contribution < -0.4 is 5.32 Å². The molecule has 1 nitrogen and oxygen atoms in total. The van der Waals surface area contributed by atoms with Crippen LogP contribution >= 0.6 is 15.9 Å². The van der Waals surface area contributed by atoms with Crippen molar-refractivity contribution in [3.05, 3.63) is 44.9 Å². The molecule has 0 heterocycles. The van der Waals surface area contributed by atoms with Crippen LogP contribution in [0.15, 0.2) is 28.3 Å². The summed E-state index contributed by atoms with van der Waals surface area (Å²) in [7, 11) is 0. The highest BCUT2D eigenvalue weighted by atomic mass is 79.9. The zero-order valence-electron chi connectivity index (χ0n) is 13.6. The van der Waals surface area contributed by atoms with Gasteiger partial charge in [-0.1, -0.05) is 53.1 Å². The van der Waals surface area contributed by atoms with E-state index < -0.39 is 0 Å². The first kappa shape index (κ1) is 16.8. The second kappa shape index (κ2) is 8.14. The standard InChI is InChI=1S/C19H28BrN/c1-4-11-21-19(16-9-7-5-6-8-10-16)17-12-14(2)18(20)15(3)13-17/h9,12-13,19,21H,4-8,10-11H2,1-3H3. The minimum Gasteiger partial charge on any atom is -0.307 e. The fraction of sp³-hybridized carbons (Fsp3) is 0.579. The van der Waals surface area contributed by atoms with E-state index in [-0.39, 0.29) is 0 Å². The predicted molar refractivity (Wildman–Crippen MR) is 95.8 cm³/mol. The van der Waals surface area contributed by atoms with Crippen LogP contribution in [0.25, 0.3) is 0 Å². The molecule has 0 bridgehead atoms. The lowest BCUT2D eigenvalue weighted by Crippen LogP contribution is -2.24. The number of aryl methyl sites for hydroxylation is 2. The molecule has 0 saturated carbocycles. The molecular weight excluding hydrogens is 322 g/mol. The molecule has 116 valence electrons. The summed E-state index contributed by atoms with van der Waals surface area (Å²) in [6.07, 6.45) is 10.2. The molecule has 0 aromatic heterocycles. The van der Waals surface area contributed by atoms with E-state index in [9.17, 15) is 0 Å². The van der Waals surface area contributed by atoms with Gasteiger partial charge in [-0.25, -0.2) is 0 Å². The van der Waals surface area contributed by atoms with Crippen LogP contribution in [0.5, 0.6) is 0 Å². The highest BCUT2D eigenvalue weighted by molar-refractivity contribution is 9.10. The summed E-state index contributed by atoms with van der Waals surface area (Å²) in [6, 6.07) is 5.08. The first-order valence-electron chi connectivity index (χ1n) is 8.32. The van der Waals surface area contributed by atoms with E-state index in [0.717, 1.165) is 6.54 Å². The maximum atomic E-state index is 3.77. The summed E-state index contributed by atoms with van der Waals surface area (Å²) in [5.41, 5.74) is 5.70. The van der Waals surface area contributed by atoms with E-state index in [2.05, 4.69) is 60.2 Å². The Labute approximate surface area is 138 Å². The lowest BCUT2D eigenvalue weighted by molar-refractivity contribution is 0.566. The van der Waals surface area contributed by atoms with Gasteiger partial charge in [0.1, 0.15) is 0 Å². The Bertz CT molecular complexity index is 481. The first-order chi connectivity index (χ1) is 10.1. The van der Waals surface area contributed by atoms with Crippen molar-refractivity contribution >= 4 is 15.9 Å². The number of halogens is 1. The molecule has 0 fully saturated rings. The molecule has 1 atom stereocenters. The topological polar surface area (TPSA) is 12.0 Å². The third-order valence-electron chi connectivity index (χ3n) is 4.34. The number of rotatable bonds is 5. The molecule has 2 rings (SSSR count). The molecule has 2 heteroatoms. The molecule has 1 aliphatic rings. The predicted octanol–water partition coefficient (Wildman–Crippen LogP) is 6.00. The summed E-state index contributed by atoms with van der Waals surface area (Å²) in [6.45, 7) is 7.71. The monoisotopic (exact) mass is 349 g/mol. The molecule has 1 N–H and O–H groups in total. The van der Waals surface area contributed by atoms with E-state index in [0.29, 0.717) is 6.04 Å². The van der Waals surface area contributed by atoms with Crippen LogP contribution in [0.2, 0.25) is 0 Å². The van der Waals surface area contributed by atoms with Gasteiger partial charge < -0.3 is 5.32 Å². The van der Waals surface area contributed by atoms with Gasteiger partial charge in [0, 0.05) is 4.47 Å². The van der Waals surface area contributed by atoms with E-state index in [1.54, 1.807) is 5.57 Å². The van der Waals surface area contributed by atoms with E-state index >= 15 is 0 Å². The largest absolute Gasteiger partial charge is 0.307 e. The van der Waals surface area contributed by atoms with E-state index in [1.165, 1.54) is 59.7 Å². The normalized spacial score (nSPS) is 17.2. The summed E-state index contributed by atoms with van der Waals surface area (Å²) in [5.74, 6) is 0. The molecule has 21 heavy (non-hydrogen) atoms. The summed E-state index contributed by atoms with van der Waals surface area (Å²) in [5, 5.41) is 3.77. The Morgan fingerprint density at radius 2 is 1.86 bits per heavy atom. The van der Waals surface area contributed by atoms with Crippen molar-refractivity contribution in [1.82, 2.24) is 5.32 Å². The van der Waals surface area contributed by atoms with Crippen molar-refractivity contribution in [2.45, 2.75) is 65.3 Å². The van der Waals surface area contributed by atoms with Crippen LogP contribution in [-0.4, -0.2) is 6.54 Å². The summed E-state index contributed by atoms with van der Waals surface area (Å²) >= 11 is 3.69. The van der Waals surface area contributed by atoms with Gasteiger partial charge in [0.2, 0.25) is 0 Å². The molecule has 1 unspecified atom stereocenters. The molecule has 1 aliphatic carbocycles. The van der Waals surface area contributed by atoms with Crippen LogP contribution in [0.3, 0.4) is 0 Å². The van der Waals surface area contributed by atoms with E-state index in [1.807, 2.05) is 0 Å². The van der Waals surface area contributed by atoms with Crippen molar-refractivity contribution in [1.29, 1.82) is 0 Å². The van der Waals surface area contributed by atoms with Gasteiger partial charge in [-0.3, -0.25) is 0 Å². The Balaban J connectivity index is 2.32. The highest BCUT2D eigenvalue weighted by Crippen LogP contribution is 2.32. The molecule has 0 amide bonds. The van der Waals surface area contributed by atoms with Gasteiger partial charge in [0.25, 0.3) is 0 Å². The molecular formula is C19H28BrN. The quantitative estimate of drug-likeness (QED) is 0.643. The van der Waals surface area contributed by atoms with Crippen LogP contribution in [0.1, 0.15) is 68.2 Å². The Morgan fingerprint density at radius 3 is 2.52 bits per heavy atom. The van der Waals surface area contributed by atoms with Gasteiger partial charge in [-0.15, -0.1) is 0 Å². The average Bonchev–Trinajstić information content (AvgIpc) is 2.74. The Kier molecular flexibility index (Phi) is 6.50. The van der Waals surface area contributed by atoms with Gasteiger partial charge in [-0.2, -0.15) is 0 Å². The first-order valence-corrected chi connectivity index (χ1v) is 9.11. The van der Waals surface area contributed by atoms with Crippen molar-refractivity contribution in [3.8, 4) is 0 Å². The van der Waals surface area contributed by atoms with E-state index in [4.69, 9.17) is 0 Å². The van der Waals surface area contributed by atoms with Gasteiger partial charge in [0.05, 0.1) is 6.04 Å². The van der Waals surface area contributed by atoms with Gasteiger partial charge in [0.15, 0.2) is 0 Å². The zero-order chi connectivity index (χ0) is 15.2. The lowest BCUT2D eigenvalue weighted by atomic mass is 9.92. The minimum atomic E-state index is 0.397.